The number of rotatable bonds is 5. The molecule has 0 fully saturated rings. The molecule has 7 heteroatoms. The van der Waals surface area contributed by atoms with Crippen LogP contribution >= 0.6 is 22.6 Å². The first kappa shape index (κ1) is 14.8. The Morgan fingerprint density at radius 1 is 1.61 bits per heavy atom. The average molecular weight is 364 g/mol. The van der Waals surface area contributed by atoms with Crippen molar-refractivity contribution in [3.05, 3.63) is 37.4 Å². The molecule has 2 N–H and O–H groups in total. The molecule has 1 aromatic carbocycles. The SMILES string of the molecule is CC(CO)CNC(=O)c1cc([N+](=O)[O-])ccc1I. The third-order valence-electron chi connectivity index (χ3n) is 2.33. The van der Waals surface area contributed by atoms with Crippen molar-refractivity contribution in [1.29, 1.82) is 0 Å². The van der Waals surface area contributed by atoms with Crippen LogP contribution < -0.4 is 5.32 Å². The highest BCUT2D eigenvalue weighted by Gasteiger charge is 2.15. The van der Waals surface area contributed by atoms with E-state index in [1.54, 1.807) is 6.92 Å². The van der Waals surface area contributed by atoms with Gasteiger partial charge in [-0.25, -0.2) is 0 Å². The highest BCUT2D eigenvalue weighted by molar-refractivity contribution is 14.1. The van der Waals surface area contributed by atoms with Crippen LogP contribution in [0.15, 0.2) is 18.2 Å². The van der Waals surface area contributed by atoms with Crippen molar-refractivity contribution in [3.8, 4) is 0 Å². The van der Waals surface area contributed by atoms with Gasteiger partial charge >= 0.3 is 0 Å². The predicted molar refractivity (Wildman–Crippen MR) is 74.4 cm³/mol. The van der Waals surface area contributed by atoms with Gasteiger partial charge < -0.3 is 10.4 Å². The number of nitro groups is 1. The highest BCUT2D eigenvalue weighted by Crippen LogP contribution is 2.19. The summed E-state index contributed by atoms with van der Waals surface area (Å²) in [7, 11) is 0. The number of halogens is 1. The molecule has 0 aromatic heterocycles. The zero-order valence-corrected chi connectivity index (χ0v) is 11.9. The lowest BCUT2D eigenvalue weighted by molar-refractivity contribution is -0.384. The van der Waals surface area contributed by atoms with Gasteiger partial charge in [-0.05, 0) is 34.6 Å². The predicted octanol–water partition coefficient (Wildman–Crippen LogP) is 1.56. The quantitative estimate of drug-likeness (QED) is 0.471. The fourth-order valence-corrected chi connectivity index (χ4v) is 1.81. The molecule has 18 heavy (non-hydrogen) atoms. The number of nitrogens with one attached hydrogen (secondary N) is 1. The van der Waals surface area contributed by atoms with Crippen molar-refractivity contribution < 1.29 is 14.8 Å². The smallest absolute Gasteiger partial charge is 0.270 e. The van der Waals surface area contributed by atoms with Crippen molar-refractivity contribution >= 4 is 34.2 Å². The standard InChI is InChI=1S/C11H13IN2O4/c1-7(6-15)5-13-11(16)9-4-8(14(17)18)2-3-10(9)12/h2-4,7,15H,5-6H2,1H3,(H,13,16). The maximum Gasteiger partial charge on any atom is 0.270 e. The number of nitro benzene ring substituents is 1. The van der Waals surface area contributed by atoms with Gasteiger partial charge in [-0.15, -0.1) is 0 Å². The molecule has 0 aliphatic rings. The molecule has 1 unspecified atom stereocenters. The van der Waals surface area contributed by atoms with Crippen LogP contribution in [0, 0.1) is 19.6 Å². The molecule has 0 saturated heterocycles. The Morgan fingerprint density at radius 2 is 2.28 bits per heavy atom. The van der Waals surface area contributed by atoms with Crippen molar-refractivity contribution in [3.63, 3.8) is 0 Å². The molecule has 1 aromatic rings. The number of hydrogen-bond acceptors (Lipinski definition) is 4. The normalized spacial score (nSPS) is 11.9. The van der Waals surface area contributed by atoms with Crippen LogP contribution in [0.2, 0.25) is 0 Å². The molecule has 1 atom stereocenters. The van der Waals surface area contributed by atoms with E-state index in [-0.39, 0.29) is 29.7 Å². The lowest BCUT2D eigenvalue weighted by atomic mass is 10.1. The fraction of sp³-hybridized carbons (Fsp3) is 0.364. The second kappa shape index (κ2) is 6.64. The van der Waals surface area contributed by atoms with E-state index in [2.05, 4.69) is 5.32 Å². The van der Waals surface area contributed by atoms with E-state index in [4.69, 9.17) is 5.11 Å². The monoisotopic (exact) mass is 364 g/mol. The molecule has 6 nitrogen and oxygen atoms in total. The molecule has 0 aliphatic heterocycles. The Hall–Kier alpha value is -1.22. The first-order valence-corrected chi connectivity index (χ1v) is 6.36. The lowest BCUT2D eigenvalue weighted by Crippen LogP contribution is -2.30. The van der Waals surface area contributed by atoms with Crippen LogP contribution in [0.1, 0.15) is 17.3 Å². The molecule has 0 radical (unpaired) electrons. The lowest BCUT2D eigenvalue weighted by Gasteiger charge is -2.10. The number of aliphatic hydroxyl groups is 1. The Bertz CT molecular complexity index is 464. The Morgan fingerprint density at radius 3 is 2.83 bits per heavy atom. The summed E-state index contributed by atoms with van der Waals surface area (Å²) >= 11 is 1.95. The topological polar surface area (TPSA) is 92.5 Å². The number of carbonyl (C=O) groups is 1. The molecular weight excluding hydrogens is 351 g/mol. The maximum atomic E-state index is 11.8. The van der Waals surface area contributed by atoms with E-state index in [0.717, 1.165) is 0 Å². The maximum absolute atomic E-state index is 11.8. The number of nitrogens with zero attached hydrogens (tertiary/aromatic N) is 1. The summed E-state index contributed by atoms with van der Waals surface area (Å²) in [5.74, 6) is -0.422. The van der Waals surface area contributed by atoms with Crippen molar-refractivity contribution in [2.24, 2.45) is 5.92 Å². The molecule has 0 heterocycles. The molecule has 0 aliphatic carbocycles. The van der Waals surface area contributed by atoms with Crippen LogP contribution in [0.3, 0.4) is 0 Å². The van der Waals surface area contributed by atoms with Gasteiger partial charge in [-0.2, -0.15) is 0 Å². The molecule has 98 valence electrons. The minimum absolute atomic E-state index is 0.0215. The van der Waals surface area contributed by atoms with E-state index >= 15 is 0 Å². The Kier molecular flexibility index (Phi) is 5.48. The number of non-ortho nitro benzene ring substituents is 1. The Labute approximate surface area is 118 Å². The average Bonchev–Trinajstić information content (AvgIpc) is 2.35. The summed E-state index contributed by atoms with van der Waals surface area (Å²) in [6, 6.07) is 4.14. The van der Waals surface area contributed by atoms with Crippen LogP contribution in [-0.2, 0) is 0 Å². The van der Waals surface area contributed by atoms with Gasteiger partial charge in [0.25, 0.3) is 11.6 Å². The molecule has 1 amide bonds. The van der Waals surface area contributed by atoms with Crippen LogP contribution in [0.5, 0.6) is 0 Å². The zero-order chi connectivity index (χ0) is 13.7. The summed E-state index contributed by atoms with van der Waals surface area (Å²) in [6.45, 7) is 2.10. The van der Waals surface area contributed by atoms with Crippen LogP contribution in [-0.4, -0.2) is 29.1 Å². The number of hydrogen-bond donors (Lipinski definition) is 2. The second-order valence-electron chi connectivity index (χ2n) is 3.92. The summed E-state index contributed by atoms with van der Waals surface area (Å²) in [5.41, 5.74) is 0.158. The second-order valence-corrected chi connectivity index (χ2v) is 5.08. The van der Waals surface area contributed by atoms with Crippen LogP contribution in [0.4, 0.5) is 5.69 Å². The molecular formula is C11H13IN2O4. The van der Waals surface area contributed by atoms with E-state index in [9.17, 15) is 14.9 Å². The number of benzene rings is 1. The number of amides is 1. The van der Waals surface area contributed by atoms with Crippen molar-refractivity contribution in [2.75, 3.05) is 13.2 Å². The van der Waals surface area contributed by atoms with E-state index in [1.165, 1.54) is 18.2 Å². The van der Waals surface area contributed by atoms with Gasteiger partial charge in [-0.3, -0.25) is 14.9 Å². The van der Waals surface area contributed by atoms with Crippen molar-refractivity contribution in [1.82, 2.24) is 5.32 Å². The molecule has 1 rings (SSSR count). The van der Waals surface area contributed by atoms with Gasteiger partial charge in [0.15, 0.2) is 0 Å². The highest BCUT2D eigenvalue weighted by atomic mass is 127. The van der Waals surface area contributed by atoms with Gasteiger partial charge in [-0.1, -0.05) is 6.92 Å². The minimum atomic E-state index is -0.538. The van der Waals surface area contributed by atoms with Gasteiger partial charge in [0.05, 0.1) is 10.5 Å². The van der Waals surface area contributed by atoms with Crippen LogP contribution in [0.25, 0.3) is 0 Å². The van der Waals surface area contributed by atoms with E-state index in [0.29, 0.717) is 10.1 Å². The van der Waals surface area contributed by atoms with Gasteiger partial charge in [0.2, 0.25) is 0 Å². The molecule has 0 spiro atoms. The molecule has 0 saturated carbocycles. The fourth-order valence-electron chi connectivity index (χ4n) is 1.23. The van der Waals surface area contributed by atoms with Gasteiger partial charge in [0.1, 0.15) is 0 Å². The summed E-state index contributed by atoms with van der Waals surface area (Å²) < 4.78 is 0.646. The summed E-state index contributed by atoms with van der Waals surface area (Å²) in [5, 5.41) is 22.1. The van der Waals surface area contributed by atoms with Gasteiger partial charge in [0, 0.05) is 28.9 Å². The van der Waals surface area contributed by atoms with Crippen molar-refractivity contribution in [2.45, 2.75) is 6.92 Å². The molecule has 0 bridgehead atoms. The number of aliphatic hydroxyl groups excluding tert-OH is 1. The number of carbonyl (C=O) groups excluding carboxylic acids is 1. The van der Waals surface area contributed by atoms with E-state index in [1.807, 2.05) is 22.6 Å². The third kappa shape index (κ3) is 3.91. The Balaban J connectivity index is 2.84. The third-order valence-corrected chi connectivity index (χ3v) is 3.27. The first-order chi connectivity index (χ1) is 8.45. The zero-order valence-electron chi connectivity index (χ0n) is 9.72. The first-order valence-electron chi connectivity index (χ1n) is 5.28. The summed E-state index contributed by atoms with van der Waals surface area (Å²) in [4.78, 5) is 21.9. The van der Waals surface area contributed by atoms with E-state index < -0.39 is 4.92 Å². The summed E-state index contributed by atoms with van der Waals surface area (Å²) in [6.07, 6.45) is 0. The largest absolute Gasteiger partial charge is 0.396 e. The minimum Gasteiger partial charge on any atom is -0.396 e.